The van der Waals surface area contributed by atoms with Crippen LogP contribution in [0.3, 0.4) is 0 Å². The monoisotopic (exact) mass is 411 g/mol. The molecule has 2 heterocycles. The van der Waals surface area contributed by atoms with Crippen molar-refractivity contribution in [3.05, 3.63) is 53.9 Å². The topological polar surface area (TPSA) is 86.5 Å². The molecule has 0 saturated heterocycles. The van der Waals surface area contributed by atoms with Crippen molar-refractivity contribution in [2.45, 2.75) is 51.7 Å². The van der Waals surface area contributed by atoms with Crippen LogP contribution in [-0.4, -0.2) is 45.7 Å². The Morgan fingerprint density at radius 1 is 1.27 bits per heavy atom. The number of methoxy groups -OCH3 is 1. The number of rotatable bonds is 10. The van der Waals surface area contributed by atoms with Crippen molar-refractivity contribution in [2.24, 2.45) is 0 Å². The normalized spacial score (nSPS) is 13.2. The molecule has 1 N–H and O–H groups in total. The van der Waals surface area contributed by atoms with Crippen LogP contribution in [0.1, 0.15) is 50.3 Å². The maximum absolute atomic E-state index is 12.2. The minimum Gasteiger partial charge on any atom is -0.481 e. The molecule has 0 aliphatic carbocycles. The molecule has 3 aromatic rings. The van der Waals surface area contributed by atoms with E-state index in [2.05, 4.69) is 17.1 Å². The summed E-state index contributed by atoms with van der Waals surface area (Å²) in [6.07, 6.45) is 6.12. The van der Waals surface area contributed by atoms with Crippen LogP contribution in [0.15, 0.2) is 42.7 Å². The number of fused-ring (bicyclic) bond motifs is 1. The molecule has 1 aromatic carbocycles. The Morgan fingerprint density at radius 3 is 2.77 bits per heavy atom. The zero-order valence-electron chi connectivity index (χ0n) is 17.7. The second kappa shape index (κ2) is 10.2. The lowest BCUT2D eigenvalue weighted by Crippen LogP contribution is -2.18. The van der Waals surface area contributed by atoms with Gasteiger partial charge in [0, 0.05) is 23.8 Å². The van der Waals surface area contributed by atoms with Gasteiger partial charge >= 0.3 is 5.97 Å². The van der Waals surface area contributed by atoms with Crippen molar-refractivity contribution >= 4 is 16.9 Å². The van der Waals surface area contributed by atoms with E-state index in [0.29, 0.717) is 12.5 Å². The Balaban J connectivity index is 1.88. The van der Waals surface area contributed by atoms with Gasteiger partial charge in [0.05, 0.1) is 37.8 Å². The first-order valence-electron chi connectivity index (χ1n) is 10.3. The molecule has 2 atom stereocenters. The third kappa shape index (κ3) is 5.57. The molecule has 160 valence electrons. The van der Waals surface area contributed by atoms with Gasteiger partial charge in [-0.1, -0.05) is 12.1 Å². The van der Waals surface area contributed by atoms with E-state index >= 15 is 0 Å². The molecule has 0 fully saturated rings. The first kappa shape index (κ1) is 21.8. The van der Waals surface area contributed by atoms with E-state index in [0.717, 1.165) is 35.7 Å². The zero-order chi connectivity index (χ0) is 21.5. The van der Waals surface area contributed by atoms with Crippen LogP contribution in [0.25, 0.3) is 10.9 Å². The number of aromatic nitrogens is 3. The van der Waals surface area contributed by atoms with E-state index in [-0.39, 0.29) is 24.5 Å². The molecule has 0 aliphatic rings. The molecule has 7 nitrogen and oxygen atoms in total. The summed E-state index contributed by atoms with van der Waals surface area (Å²) in [5, 5.41) is 15.2. The van der Waals surface area contributed by atoms with Crippen LogP contribution in [0.5, 0.6) is 5.88 Å². The van der Waals surface area contributed by atoms with E-state index in [1.807, 2.05) is 29.9 Å². The Kier molecular flexibility index (Phi) is 7.41. The average molecular weight is 412 g/mol. The predicted molar refractivity (Wildman–Crippen MR) is 115 cm³/mol. The first-order chi connectivity index (χ1) is 14.5. The minimum atomic E-state index is -0.325. The maximum atomic E-state index is 12.2. The molecule has 2 aromatic heterocycles. The summed E-state index contributed by atoms with van der Waals surface area (Å²) in [5.41, 5.74) is 2.91. The maximum Gasteiger partial charge on any atom is 0.308 e. The van der Waals surface area contributed by atoms with Gasteiger partial charge in [-0.05, 0) is 56.4 Å². The van der Waals surface area contributed by atoms with Gasteiger partial charge in [0.2, 0.25) is 5.88 Å². The number of aliphatic hydroxyl groups excluding tert-OH is 1. The molecular formula is C23H29N3O4. The van der Waals surface area contributed by atoms with Gasteiger partial charge < -0.3 is 14.6 Å². The SMILES string of the molecule is CCOC(=O)C[C@@H](c1ccc(OC)nc1)n1cc2ccc(CCCC(C)O)cc2n1. The van der Waals surface area contributed by atoms with Crippen LogP contribution in [0, 0.1) is 0 Å². The third-order valence-corrected chi connectivity index (χ3v) is 5.01. The molecule has 0 spiro atoms. The molecule has 0 bridgehead atoms. The number of pyridine rings is 1. The van der Waals surface area contributed by atoms with Crippen molar-refractivity contribution in [1.82, 2.24) is 14.8 Å². The number of hydrogen-bond acceptors (Lipinski definition) is 6. The van der Waals surface area contributed by atoms with Gasteiger partial charge in [-0.25, -0.2) is 4.98 Å². The fraction of sp³-hybridized carbons (Fsp3) is 0.435. The summed E-state index contributed by atoms with van der Waals surface area (Å²) in [4.78, 5) is 16.5. The molecule has 0 radical (unpaired) electrons. The van der Waals surface area contributed by atoms with Crippen molar-refractivity contribution in [2.75, 3.05) is 13.7 Å². The van der Waals surface area contributed by atoms with Crippen LogP contribution in [-0.2, 0) is 16.0 Å². The van der Waals surface area contributed by atoms with Crippen molar-refractivity contribution in [3.8, 4) is 5.88 Å². The Morgan fingerprint density at radius 2 is 2.10 bits per heavy atom. The number of aliphatic hydroxyl groups is 1. The Bertz CT molecular complexity index is 966. The van der Waals surface area contributed by atoms with Crippen molar-refractivity contribution in [1.29, 1.82) is 0 Å². The number of esters is 1. The van der Waals surface area contributed by atoms with E-state index < -0.39 is 0 Å². The molecule has 0 amide bonds. The van der Waals surface area contributed by atoms with Gasteiger partial charge in [-0.2, -0.15) is 5.10 Å². The van der Waals surface area contributed by atoms with Crippen molar-refractivity contribution < 1.29 is 19.4 Å². The molecule has 30 heavy (non-hydrogen) atoms. The molecule has 0 aliphatic heterocycles. The van der Waals surface area contributed by atoms with Gasteiger partial charge in [0.1, 0.15) is 0 Å². The lowest BCUT2D eigenvalue weighted by molar-refractivity contribution is -0.143. The molecule has 1 unspecified atom stereocenters. The lowest BCUT2D eigenvalue weighted by Gasteiger charge is -2.17. The highest BCUT2D eigenvalue weighted by Crippen LogP contribution is 2.26. The van der Waals surface area contributed by atoms with E-state index in [1.165, 1.54) is 5.56 Å². The fourth-order valence-corrected chi connectivity index (χ4v) is 3.45. The second-order valence-corrected chi connectivity index (χ2v) is 7.40. The van der Waals surface area contributed by atoms with Crippen LogP contribution in [0.2, 0.25) is 0 Å². The van der Waals surface area contributed by atoms with E-state index in [4.69, 9.17) is 14.6 Å². The summed E-state index contributed by atoms with van der Waals surface area (Å²) < 4.78 is 12.1. The standard InChI is InChI=1S/C23H29N3O4/c1-4-30-23(28)13-21(18-10-11-22(29-3)24-14-18)26-15-19-9-8-17(12-20(19)25-26)7-5-6-16(2)27/h8-12,14-16,21,27H,4-7,13H2,1-3H3/t16?,21-/m0/s1. The van der Waals surface area contributed by atoms with Crippen LogP contribution < -0.4 is 4.74 Å². The summed E-state index contributed by atoms with van der Waals surface area (Å²) in [6, 6.07) is 9.55. The highest BCUT2D eigenvalue weighted by molar-refractivity contribution is 5.79. The number of carbonyl (C=O) groups is 1. The largest absolute Gasteiger partial charge is 0.481 e. The number of aryl methyl sites for hydroxylation is 1. The molecule has 3 rings (SSSR count). The van der Waals surface area contributed by atoms with Gasteiger partial charge in [0.25, 0.3) is 0 Å². The van der Waals surface area contributed by atoms with E-state index in [9.17, 15) is 9.90 Å². The highest BCUT2D eigenvalue weighted by Gasteiger charge is 2.21. The first-order valence-corrected chi connectivity index (χ1v) is 10.3. The van der Waals surface area contributed by atoms with E-state index in [1.54, 1.807) is 26.3 Å². The Labute approximate surface area is 176 Å². The summed E-state index contributed by atoms with van der Waals surface area (Å²) >= 11 is 0. The van der Waals surface area contributed by atoms with Gasteiger partial charge in [-0.15, -0.1) is 0 Å². The average Bonchev–Trinajstić information content (AvgIpc) is 3.15. The number of benzene rings is 1. The minimum absolute atomic E-state index is 0.164. The third-order valence-electron chi connectivity index (χ3n) is 5.01. The highest BCUT2D eigenvalue weighted by atomic mass is 16.5. The smallest absolute Gasteiger partial charge is 0.308 e. The molecular weight excluding hydrogens is 382 g/mol. The van der Waals surface area contributed by atoms with Crippen LogP contribution in [0.4, 0.5) is 0 Å². The molecule has 0 saturated carbocycles. The lowest BCUT2D eigenvalue weighted by atomic mass is 10.1. The fourth-order valence-electron chi connectivity index (χ4n) is 3.45. The zero-order valence-corrected chi connectivity index (χ0v) is 17.7. The number of hydrogen-bond donors (Lipinski definition) is 1. The van der Waals surface area contributed by atoms with Gasteiger partial charge in [0.15, 0.2) is 0 Å². The number of carbonyl (C=O) groups excluding carboxylic acids is 1. The van der Waals surface area contributed by atoms with Crippen molar-refractivity contribution in [3.63, 3.8) is 0 Å². The summed E-state index contributed by atoms with van der Waals surface area (Å²) in [6.45, 7) is 3.94. The Hall–Kier alpha value is -2.93. The summed E-state index contributed by atoms with van der Waals surface area (Å²) in [5.74, 6) is 0.234. The quantitative estimate of drug-likeness (QED) is 0.512. The number of ether oxygens (including phenoxy) is 2. The number of nitrogens with zero attached hydrogens (tertiary/aromatic N) is 3. The van der Waals surface area contributed by atoms with Gasteiger partial charge in [-0.3, -0.25) is 9.48 Å². The summed E-state index contributed by atoms with van der Waals surface area (Å²) in [7, 11) is 1.57. The second-order valence-electron chi connectivity index (χ2n) is 7.40. The van der Waals surface area contributed by atoms with Crippen LogP contribution >= 0.6 is 0 Å². The molecule has 7 heteroatoms. The predicted octanol–water partition coefficient (Wildman–Crippen LogP) is 3.69.